The lowest BCUT2D eigenvalue weighted by Crippen LogP contribution is -2.49. The van der Waals surface area contributed by atoms with Crippen molar-refractivity contribution in [3.8, 4) is 0 Å². The first-order valence-corrected chi connectivity index (χ1v) is 25.5. The van der Waals surface area contributed by atoms with Crippen molar-refractivity contribution in [2.45, 2.75) is 63.1 Å². The molecule has 2 N–H and O–H groups in total. The maximum absolute atomic E-state index is 14.0. The van der Waals surface area contributed by atoms with E-state index >= 15 is 0 Å². The van der Waals surface area contributed by atoms with Crippen molar-refractivity contribution in [2.24, 2.45) is 10.8 Å². The molecule has 68 heavy (non-hydrogen) atoms. The molecule has 4 aliphatic rings. The summed E-state index contributed by atoms with van der Waals surface area (Å²) in [7, 11) is 0. The van der Waals surface area contributed by atoms with Crippen LogP contribution in [0.3, 0.4) is 0 Å². The molecule has 352 valence electrons. The van der Waals surface area contributed by atoms with E-state index in [1.54, 1.807) is 0 Å². The van der Waals surface area contributed by atoms with Crippen molar-refractivity contribution >= 4 is 90.1 Å². The number of aliphatic hydroxyl groups excluding tert-OH is 2. The topological polar surface area (TPSA) is 99.5 Å². The van der Waals surface area contributed by atoms with Crippen molar-refractivity contribution in [2.75, 3.05) is 26.4 Å². The van der Waals surface area contributed by atoms with E-state index in [2.05, 4.69) is 31.9 Å². The van der Waals surface area contributed by atoms with Crippen LogP contribution in [-0.4, -0.2) is 58.3 Å². The van der Waals surface area contributed by atoms with Gasteiger partial charge in [-0.15, -0.1) is 0 Å². The highest BCUT2D eigenvalue weighted by Gasteiger charge is 2.58. The number of carbonyl (C=O) groups is 2. The Morgan fingerprint density at radius 2 is 0.824 bits per heavy atom. The molecule has 0 aromatic heterocycles. The molecule has 2 saturated carbocycles. The zero-order valence-electron chi connectivity index (χ0n) is 37.2. The van der Waals surface area contributed by atoms with E-state index in [1.165, 1.54) is 0 Å². The van der Waals surface area contributed by atoms with E-state index in [4.69, 9.17) is 55.9 Å². The Kier molecular flexibility index (Phi) is 14.1. The van der Waals surface area contributed by atoms with Crippen LogP contribution in [0.15, 0.2) is 142 Å². The number of aliphatic hydroxyl groups is 2. The van der Waals surface area contributed by atoms with Crippen molar-refractivity contribution in [3.63, 3.8) is 0 Å². The minimum Gasteiger partial charge on any atom is -0.396 e. The fourth-order valence-electron chi connectivity index (χ4n) is 9.43. The summed E-state index contributed by atoms with van der Waals surface area (Å²) >= 11 is 31.8. The second-order valence-corrected chi connectivity index (χ2v) is 22.0. The average molecular weight is 1120 g/mol. The largest absolute Gasteiger partial charge is 0.396 e. The average Bonchev–Trinajstić information content (AvgIpc) is 4.27. The van der Waals surface area contributed by atoms with Crippen LogP contribution in [0.4, 0.5) is 0 Å². The predicted molar refractivity (Wildman–Crippen MR) is 274 cm³/mol. The number of ether oxygens (including phenoxy) is 2. The third-order valence-corrected chi connectivity index (χ3v) is 16.0. The SMILES string of the molecule is C[C@@H](c1ccc(Cl)cc1)N1C(=O)c2cc(Br)ccc2[C@@]1(OCC1(CO)CC1)c1ccc(Cl)cc1.C[C@@H](c1ccc(Cl)cc1)N1C(=O)c2cc(Br)ccc2[C@]1(OCC1(CO)CC1)c1ccc(Cl)cc1. The van der Waals surface area contributed by atoms with Crippen LogP contribution < -0.4 is 0 Å². The van der Waals surface area contributed by atoms with Gasteiger partial charge in [-0.3, -0.25) is 19.4 Å². The van der Waals surface area contributed by atoms with Crippen molar-refractivity contribution in [3.05, 3.63) is 207 Å². The minimum absolute atomic E-state index is 0.0532. The number of rotatable bonds is 14. The molecule has 6 aromatic carbocycles. The molecule has 4 atom stereocenters. The summed E-state index contributed by atoms with van der Waals surface area (Å²) in [5.41, 5.74) is 3.31. The number of carbonyl (C=O) groups excluding carboxylic acids is 2. The number of benzene rings is 6. The molecule has 0 bridgehead atoms. The molecule has 0 radical (unpaired) electrons. The maximum Gasteiger partial charge on any atom is 0.257 e. The maximum atomic E-state index is 14.0. The predicted octanol–water partition coefficient (Wildman–Crippen LogP) is 13.9. The van der Waals surface area contributed by atoms with Gasteiger partial charge in [0.1, 0.15) is 0 Å². The molecule has 2 aliphatic heterocycles. The second kappa shape index (κ2) is 19.4. The third kappa shape index (κ3) is 9.08. The quantitative estimate of drug-likeness (QED) is 0.113. The van der Waals surface area contributed by atoms with Crippen LogP contribution in [0.1, 0.15) is 106 Å². The van der Waals surface area contributed by atoms with Crippen LogP contribution in [0.2, 0.25) is 20.1 Å². The molecule has 14 heteroatoms. The van der Waals surface area contributed by atoms with Crippen LogP contribution in [-0.2, 0) is 20.9 Å². The first-order chi connectivity index (χ1) is 32.6. The first kappa shape index (κ1) is 49.2. The van der Waals surface area contributed by atoms with E-state index < -0.39 is 11.4 Å². The second-order valence-electron chi connectivity index (χ2n) is 18.4. The standard InChI is InChI=1S/2C27H24BrCl2NO3/c2*1-17(18-2-7-21(29)8-3-18)31-25(33)23-14-20(28)6-11-24(23)27(31,19-4-9-22(30)10-5-19)34-16-26(15-32)12-13-26/h2*2-11,14,17,32H,12-13,15-16H2,1H3/t17-,27+;17-,27-/m00/s1. The van der Waals surface area contributed by atoms with E-state index in [0.717, 1.165) is 68.0 Å². The van der Waals surface area contributed by atoms with Gasteiger partial charge in [-0.25, -0.2) is 0 Å². The summed E-state index contributed by atoms with van der Waals surface area (Å²) in [6.07, 6.45) is 3.59. The number of halogens is 6. The fraction of sp³-hybridized carbons (Fsp3) is 0.296. The van der Waals surface area contributed by atoms with Crippen molar-refractivity contribution < 1.29 is 29.3 Å². The molecule has 2 heterocycles. The van der Waals surface area contributed by atoms with Gasteiger partial charge >= 0.3 is 0 Å². The number of fused-ring (bicyclic) bond motifs is 2. The lowest BCUT2D eigenvalue weighted by atomic mass is 9.91. The fourth-order valence-corrected chi connectivity index (χ4v) is 10.7. The molecule has 10 rings (SSSR count). The van der Waals surface area contributed by atoms with Gasteiger partial charge < -0.3 is 19.7 Å². The van der Waals surface area contributed by atoms with Gasteiger partial charge in [0.25, 0.3) is 11.8 Å². The summed E-state index contributed by atoms with van der Waals surface area (Å²) in [5.74, 6) is -0.245. The smallest absolute Gasteiger partial charge is 0.257 e. The number of amides is 2. The Balaban J connectivity index is 0.000000170. The Morgan fingerprint density at radius 3 is 1.12 bits per heavy atom. The van der Waals surface area contributed by atoms with Gasteiger partial charge in [0.2, 0.25) is 0 Å². The molecule has 6 aromatic rings. The zero-order valence-corrected chi connectivity index (χ0v) is 43.4. The number of hydrogen-bond acceptors (Lipinski definition) is 6. The lowest BCUT2D eigenvalue weighted by Gasteiger charge is -2.43. The summed E-state index contributed by atoms with van der Waals surface area (Å²) in [6.45, 7) is 4.76. The third-order valence-electron chi connectivity index (χ3n) is 14.0. The van der Waals surface area contributed by atoms with E-state index in [9.17, 15) is 19.8 Å². The summed E-state index contributed by atoms with van der Waals surface area (Å²) < 4.78 is 15.3. The van der Waals surface area contributed by atoms with Crippen LogP contribution >= 0.6 is 78.3 Å². The molecule has 0 saturated heterocycles. The normalized spacial score (nSPS) is 21.4. The Hall–Kier alpha value is -3.78. The van der Waals surface area contributed by atoms with E-state index in [-0.39, 0.29) is 47.9 Å². The van der Waals surface area contributed by atoms with Gasteiger partial charge in [-0.1, -0.05) is 139 Å². The van der Waals surface area contributed by atoms with Gasteiger partial charge in [0.05, 0.1) is 38.5 Å². The van der Waals surface area contributed by atoms with Crippen LogP contribution in [0, 0.1) is 10.8 Å². The Morgan fingerprint density at radius 1 is 0.515 bits per heavy atom. The van der Waals surface area contributed by atoms with Gasteiger partial charge in [0, 0.05) is 73.2 Å². The summed E-state index contributed by atoms with van der Waals surface area (Å²) in [5, 5.41) is 22.4. The molecule has 8 nitrogen and oxygen atoms in total. The first-order valence-electron chi connectivity index (χ1n) is 22.4. The monoisotopic (exact) mass is 1120 g/mol. The number of nitrogens with zero attached hydrogens (tertiary/aromatic N) is 2. The van der Waals surface area contributed by atoms with Crippen LogP contribution in [0.5, 0.6) is 0 Å². The highest BCUT2D eigenvalue weighted by atomic mass is 79.9. The Labute approximate surface area is 433 Å². The zero-order chi connectivity index (χ0) is 48.2. The van der Waals surface area contributed by atoms with E-state index in [1.807, 2.05) is 157 Å². The number of hydrogen-bond donors (Lipinski definition) is 2. The minimum atomic E-state index is -1.18. The molecule has 2 amide bonds. The molecule has 2 fully saturated rings. The van der Waals surface area contributed by atoms with Crippen molar-refractivity contribution in [1.29, 1.82) is 0 Å². The van der Waals surface area contributed by atoms with Crippen LogP contribution in [0.25, 0.3) is 0 Å². The highest BCUT2D eigenvalue weighted by Crippen LogP contribution is 2.55. The summed E-state index contributed by atoms with van der Waals surface area (Å²) in [6, 6.07) is 40.7. The van der Waals surface area contributed by atoms with E-state index in [0.29, 0.717) is 44.4 Å². The van der Waals surface area contributed by atoms with Gasteiger partial charge in [-0.05, 0) is 123 Å². The molecule has 0 spiro atoms. The van der Waals surface area contributed by atoms with Crippen molar-refractivity contribution in [1.82, 2.24) is 9.80 Å². The summed E-state index contributed by atoms with van der Waals surface area (Å²) in [4.78, 5) is 31.7. The molecular formula is C54H48Br2Cl4N2O6. The van der Waals surface area contributed by atoms with Gasteiger partial charge in [0.15, 0.2) is 11.4 Å². The molecule has 2 aliphatic carbocycles. The molecular weight excluding hydrogens is 1070 g/mol. The molecule has 0 unspecified atom stereocenters. The lowest BCUT2D eigenvalue weighted by molar-refractivity contribution is -0.137. The van der Waals surface area contributed by atoms with Gasteiger partial charge in [-0.2, -0.15) is 0 Å². The highest BCUT2D eigenvalue weighted by molar-refractivity contribution is 9.10. The Bertz CT molecular complexity index is 2650.